The number of rotatable bonds is 5. The summed E-state index contributed by atoms with van der Waals surface area (Å²) in [5.74, 6) is 0. The van der Waals surface area contributed by atoms with Gasteiger partial charge < -0.3 is 10.6 Å². The van der Waals surface area contributed by atoms with Gasteiger partial charge in [0.2, 0.25) is 0 Å². The normalized spacial score (nSPS) is 10.6. The Kier molecular flexibility index (Phi) is 5.75. The fourth-order valence-corrected chi connectivity index (χ4v) is 3.46. The molecular weight excluding hydrogens is 360 g/mol. The summed E-state index contributed by atoms with van der Waals surface area (Å²) < 4.78 is 1.87. The molecule has 0 saturated heterocycles. The molecule has 3 rings (SSSR count). The summed E-state index contributed by atoms with van der Waals surface area (Å²) >= 11 is 11.4. The number of aryl methyl sites for hydroxylation is 2. The van der Waals surface area contributed by atoms with Gasteiger partial charge in [-0.25, -0.2) is 0 Å². The van der Waals surface area contributed by atoms with Crippen LogP contribution >= 0.6 is 24.4 Å². The largest absolute Gasteiger partial charge is 0.348 e. The molecule has 6 heteroatoms. The molecule has 0 fully saturated rings. The van der Waals surface area contributed by atoms with E-state index in [0.717, 1.165) is 22.8 Å². The molecule has 0 aliphatic rings. The second-order valence-electron chi connectivity index (χ2n) is 5.98. The minimum Gasteiger partial charge on any atom is -0.348 e. The van der Waals surface area contributed by atoms with Crippen molar-refractivity contribution in [2.24, 2.45) is 0 Å². The first-order valence-corrected chi connectivity index (χ1v) is 9.11. The van der Waals surface area contributed by atoms with Crippen LogP contribution in [0.2, 0.25) is 0 Å². The van der Waals surface area contributed by atoms with Crippen molar-refractivity contribution in [2.75, 3.05) is 10.6 Å². The third-order valence-electron chi connectivity index (χ3n) is 3.87. The minimum atomic E-state index is -0.380. The van der Waals surface area contributed by atoms with E-state index in [1.165, 1.54) is 0 Å². The van der Waals surface area contributed by atoms with Crippen LogP contribution in [0.4, 0.5) is 11.4 Å². The summed E-state index contributed by atoms with van der Waals surface area (Å²) in [5, 5.41) is 11.2. The molecule has 1 heterocycles. The molecule has 2 aromatic carbocycles. The summed E-state index contributed by atoms with van der Waals surface area (Å²) in [6.07, 6.45) is 0. The standard InChI is InChI=1S/C20H20N4S2/c1-14-13-15(2)24(23-14)18(19(25)21-16-9-5-3-6-10-16)20(26)22-17-11-7-4-8-12-17/h3-13,18H,1-2H3,(H,21,25)(H,22,26). The van der Waals surface area contributed by atoms with Crippen LogP contribution in [0.3, 0.4) is 0 Å². The van der Waals surface area contributed by atoms with E-state index in [4.69, 9.17) is 24.4 Å². The van der Waals surface area contributed by atoms with Gasteiger partial charge in [-0.1, -0.05) is 60.8 Å². The molecule has 26 heavy (non-hydrogen) atoms. The highest BCUT2D eigenvalue weighted by Gasteiger charge is 2.25. The third-order valence-corrected chi connectivity index (χ3v) is 4.52. The van der Waals surface area contributed by atoms with Crippen LogP contribution in [0, 0.1) is 13.8 Å². The van der Waals surface area contributed by atoms with Gasteiger partial charge in [-0.2, -0.15) is 5.10 Å². The molecule has 0 saturated carbocycles. The highest BCUT2D eigenvalue weighted by Crippen LogP contribution is 2.20. The molecule has 0 unspecified atom stereocenters. The van der Waals surface area contributed by atoms with Crippen LogP contribution < -0.4 is 10.6 Å². The number of para-hydroxylation sites is 2. The molecule has 0 aliphatic heterocycles. The highest BCUT2D eigenvalue weighted by atomic mass is 32.1. The lowest BCUT2D eigenvalue weighted by Crippen LogP contribution is -2.35. The van der Waals surface area contributed by atoms with E-state index in [9.17, 15) is 0 Å². The molecule has 4 nitrogen and oxygen atoms in total. The van der Waals surface area contributed by atoms with Gasteiger partial charge in [0.25, 0.3) is 0 Å². The Bertz CT molecular complexity index is 851. The first kappa shape index (κ1) is 18.2. The van der Waals surface area contributed by atoms with Crippen molar-refractivity contribution in [3.05, 3.63) is 78.1 Å². The number of benzene rings is 2. The zero-order chi connectivity index (χ0) is 18.5. The summed E-state index contributed by atoms with van der Waals surface area (Å²) in [7, 11) is 0. The van der Waals surface area contributed by atoms with E-state index >= 15 is 0 Å². The predicted molar refractivity (Wildman–Crippen MR) is 116 cm³/mol. The SMILES string of the molecule is Cc1cc(C)n(C(C(=S)Nc2ccccc2)C(=S)Nc2ccccc2)n1. The van der Waals surface area contributed by atoms with Crippen molar-refractivity contribution in [2.45, 2.75) is 19.9 Å². The van der Waals surface area contributed by atoms with Crippen molar-refractivity contribution in [1.29, 1.82) is 0 Å². The number of aromatic nitrogens is 2. The molecule has 0 atom stereocenters. The number of hydrogen-bond acceptors (Lipinski definition) is 3. The third kappa shape index (κ3) is 4.33. The van der Waals surface area contributed by atoms with Crippen LogP contribution in [0.25, 0.3) is 0 Å². The molecule has 3 aromatic rings. The lowest BCUT2D eigenvalue weighted by molar-refractivity contribution is 0.659. The Balaban J connectivity index is 1.90. The van der Waals surface area contributed by atoms with E-state index < -0.39 is 0 Å². The topological polar surface area (TPSA) is 41.9 Å². The molecule has 2 N–H and O–H groups in total. The Hall–Kier alpha value is -2.57. The fraction of sp³-hybridized carbons (Fsp3) is 0.150. The lowest BCUT2D eigenvalue weighted by atomic mass is 10.2. The molecular formula is C20H20N4S2. The van der Waals surface area contributed by atoms with E-state index in [1.54, 1.807) is 0 Å². The monoisotopic (exact) mass is 380 g/mol. The Morgan fingerprint density at radius 3 is 1.69 bits per heavy atom. The van der Waals surface area contributed by atoms with Crippen molar-refractivity contribution in [3.63, 3.8) is 0 Å². The Morgan fingerprint density at radius 2 is 1.31 bits per heavy atom. The second-order valence-corrected chi connectivity index (χ2v) is 6.86. The minimum absolute atomic E-state index is 0.380. The first-order valence-electron chi connectivity index (χ1n) is 8.29. The predicted octanol–water partition coefficient (Wildman–Crippen LogP) is 4.92. The molecule has 0 amide bonds. The Labute approximate surface area is 164 Å². The number of nitrogens with zero attached hydrogens (tertiary/aromatic N) is 2. The second kappa shape index (κ2) is 8.21. The van der Waals surface area contributed by atoms with Crippen molar-refractivity contribution >= 4 is 45.8 Å². The van der Waals surface area contributed by atoms with Gasteiger partial charge in [-0.15, -0.1) is 0 Å². The number of anilines is 2. The number of thiocarbonyl (C=S) groups is 2. The number of hydrogen-bond donors (Lipinski definition) is 2. The quantitative estimate of drug-likeness (QED) is 0.615. The van der Waals surface area contributed by atoms with Gasteiger partial charge in [0.1, 0.15) is 9.98 Å². The first-order chi connectivity index (χ1) is 12.5. The molecule has 1 aromatic heterocycles. The smallest absolute Gasteiger partial charge is 0.153 e. The van der Waals surface area contributed by atoms with Gasteiger partial charge in [0.05, 0.1) is 5.69 Å². The summed E-state index contributed by atoms with van der Waals surface area (Å²) in [5.41, 5.74) is 3.78. The van der Waals surface area contributed by atoms with E-state index in [1.807, 2.05) is 85.3 Å². The Morgan fingerprint density at radius 1 is 0.846 bits per heavy atom. The maximum atomic E-state index is 5.70. The maximum absolute atomic E-state index is 5.70. The van der Waals surface area contributed by atoms with Gasteiger partial charge in [0, 0.05) is 17.1 Å². The van der Waals surface area contributed by atoms with Crippen LogP contribution in [0.1, 0.15) is 17.4 Å². The molecule has 0 bridgehead atoms. The van der Waals surface area contributed by atoms with Crippen LogP contribution in [0.15, 0.2) is 66.7 Å². The van der Waals surface area contributed by atoms with E-state index in [0.29, 0.717) is 9.98 Å². The van der Waals surface area contributed by atoms with Gasteiger partial charge in [-0.05, 0) is 44.2 Å². The fourth-order valence-electron chi connectivity index (χ4n) is 2.71. The molecule has 132 valence electrons. The average molecular weight is 381 g/mol. The lowest BCUT2D eigenvalue weighted by Gasteiger charge is -2.23. The van der Waals surface area contributed by atoms with E-state index in [-0.39, 0.29) is 6.04 Å². The van der Waals surface area contributed by atoms with Crippen LogP contribution in [0.5, 0.6) is 0 Å². The summed E-state index contributed by atoms with van der Waals surface area (Å²) in [4.78, 5) is 1.19. The summed E-state index contributed by atoms with van der Waals surface area (Å²) in [6, 6.07) is 21.3. The number of nitrogens with one attached hydrogen (secondary N) is 2. The van der Waals surface area contributed by atoms with Crippen molar-refractivity contribution in [1.82, 2.24) is 9.78 Å². The van der Waals surface area contributed by atoms with Crippen molar-refractivity contribution < 1.29 is 0 Å². The van der Waals surface area contributed by atoms with Gasteiger partial charge >= 0.3 is 0 Å². The molecule has 0 aliphatic carbocycles. The van der Waals surface area contributed by atoms with Crippen LogP contribution in [-0.2, 0) is 0 Å². The van der Waals surface area contributed by atoms with Gasteiger partial charge in [-0.3, -0.25) is 4.68 Å². The average Bonchev–Trinajstić information content (AvgIpc) is 2.95. The zero-order valence-electron chi connectivity index (χ0n) is 14.6. The van der Waals surface area contributed by atoms with E-state index in [2.05, 4.69) is 15.7 Å². The van der Waals surface area contributed by atoms with Crippen molar-refractivity contribution in [3.8, 4) is 0 Å². The van der Waals surface area contributed by atoms with Crippen LogP contribution in [-0.4, -0.2) is 19.8 Å². The highest BCUT2D eigenvalue weighted by molar-refractivity contribution is 7.82. The molecule has 0 spiro atoms. The maximum Gasteiger partial charge on any atom is 0.153 e. The zero-order valence-corrected chi connectivity index (χ0v) is 16.3. The van der Waals surface area contributed by atoms with Gasteiger partial charge in [0.15, 0.2) is 6.04 Å². The summed E-state index contributed by atoms with van der Waals surface area (Å²) in [6.45, 7) is 3.96. The molecule has 0 radical (unpaired) electrons.